The monoisotopic (exact) mass is 257 g/mol. The largest absolute Gasteiger partial charge is 0.477 e. The van der Waals surface area contributed by atoms with Gasteiger partial charge in [0.15, 0.2) is 0 Å². The third-order valence-electron chi connectivity index (χ3n) is 1.88. The molecule has 0 spiro atoms. The second kappa shape index (κ2) is 6.36. The molecule has 1 aromatic rings. The molecule has 0 bridgehead atoms. The molecular weight excluding hydrogens is 242 g/mol. The van der Waals surface area contributed by atoms with Gasteiger partial charge in [-0.15, -0.1) is 11.3 Å². The van der Waals surface area contributed by atoms with Crippen LogP contribution in [0.1, 0.15) is 33.2 Å². The van der Waals surface area contributed by atoms with Gasteiger partial charge in [-0.25, -0.2) is 4.79 Å². The first-order chi connectivity index (χ1) is 8.00. The summed E-state index contributed by atoms with van der Waals surface area (Å²) in [6.07, 6.45) is 0.132. The molecule has 1 heterocycles. The van der Waals surface area contributed by atoms with E-state index in [1.807, 2.05) is 13.8 Å². The highest BCUT2D eigenvalue weighted by molar-refractivity contribution is 7.15. The van der Waals surface area contributed by atoms with Crippen LogP contribution in [0.3, 0.4) is 0 Å². The van der Waals surface area contributed by atoms with E-state index >= 15 is 0 Å². The van der Waals surface area contributed by atoms with E-state index in [1.165, 1.54) is 12.1 Å². The van der Waals surface area contributed by atoms with Crippen molar-refractivity contribution in [1.82, 2.24) is 5.32 Å². The number of ether oxygens (including phenoxy) is 1. The molecule has 0 fully saturated rings. The van der Waals surface area contributed by atoms with Crippen LogP contribution in [0.15, 0.2) is 12.1 Å². The van der Waals surface area contributed by atoms with Gasteiger partial charge in [-0.1, -0.05) is 0 Å². The van der Waals surface area contributed by atoms with Crippen LogP contribution >= 0.6 is 11.3 Å². The van der Waals surface area contributed by atoms with E-state index in [0.29, 0.717) is 18.0 Å². The molecular formula is C11H15NO4S. The minimum atomic E-state index is -1.02. The molecule has 0 aliphatic carbocycles. The first kappa shape index (κ1) is 13.7. The lowest BCUT2D eigenvalue weighted by atomic mass is 10.4. The Hall–Kier alpha value is -1.40. The SMILES string of the molecule is CC(C)OCCNC(=O)c1ccc(C(=O)O)s1. The number of carbonyl (C=O) groups is 2. The number of carboxylic acids is 1. The summed E-state index contributed by atoms with van der Waals surface area (Å²) in [6.45, 7) is 4.69. The maximum atomic E-state index is 11.6. The van der Waals surface area contributed by atoms with Gasteiger partial charge >= 0.3 is 5.97 Å². The normalized spacial score (nSPS) is 10.5. The lowest BCUT2D eigenvalue weighted by molar-refractivity contribution is 0.0702. The maximum absolute atomic E-state index is 11.6. The number of rotatable bonds is 6. The quantitative estimate of drug-likeness (QED) is 0.759. The van der Waals surface area contributed by atoms with E-state index in [2.05, 4.69) is 5.32 Å². The van der Waals surface area contributed by atoms with E-state index in [0.717, 1.165) is 11.3 Å². The molecule has 1 rings (SSSR count). The number of hydrogen-bond acceptors (Lipinski definition) is 4. The van der Waals surface area contributed by atoms with E-state index in [4.69, 9.17) is 9.84 Å². The highest BCUT2D eigenvalue weighted by Crippen LogP contribution is 2.15. The summed E-state index contributed by atoms with van der Waals surface area (Å²) < 4.78 is 5.27. The van der Waals surface area contributed by atoms with Gasteiger partial charge in [-0.3, -0.25) is 4.79 Å². The fourth-order valence-corrected chi connectivity index (χ4v) is 1.88. The molecule has 0 radical (unpaired) electrons. The van der Waals surface area contributed by atoms with Gasteiger partial charge in [0.2, 0.25) is 0 Å². The Balaban J connectivity index is 2.39. The molecule has 0 saturated heterocycles. The van der Waals surface area contributed by atoms with E-state index in [9.17, 15) is 9.59 Å². The van der Waals surface area contributed by atoms with Crippen molar-refractivity contribution in [2.24, 2.45) is 0 Å². The molecule has 5 nitrogen and oxygen atoms in total. The molecule has 0 aromatic carbocycles. The zero-order valence-corrected chi connectivity index (χ0v) is 10.5. The van der Waals surface area contributed by atoms with Crippen molar-refractivity contribution in [3.8, 4) is 0 Å². The first-order valence-corrected chi connectivity index (χ1v) is 6.05. The van der Waals surface area contributed by atoms with Crippen LogP contribution in [0.2, 0.25) is 0 Å². The molecule has 94 valence electrons. The zero-order chi connectivity index (χ0) is 12.8. The minimum absolute atomic E-state index is 0.132. The molecule has 0 saturated carbocycles. The lowest BCUT2D eigenvalue weighted by Gasteiger charge is -2.07. The topological polar surface area (TPSA) is 75.6 Å². The molecule has 17 heavy (non-hydrogen) atoms. The van der Waals surface area contributed by atoms with Crippen LogP contribution in [0, 0.1) is 0 Å². The van der Waals surface area contributed by atoms with Crippen LogP contribution in [0.4, 0.5) is 0 Å². The Morgan fingerprint density at radius 2 is 2.06 bits per heavy atom. The smallest absolute Gasteiger partial charge is 0.345 e. The van der Waals surface area contributed by atoms with Crippen molar-refractivity contribution < 1.29 is 19.4 Å². The number of thiophene rings is 1. The van der Waals surface area contributed by atoms with Crippen molar-refractivity contribution in [2.75, 3.05) is 13.2 Å². The average Bonchev–Trinajstić information content (AvgIpc) is 2.73. The van der Waals surface area contributed by atoms with E-state index in [-0.39, 0.29) is 16.9 Å². The molecule has 2 N–H and O–H groups in total. The van der Waals surface area contributed by atoms with Crippen molar-refractivity contribution in [2.45, 2.75) is 20.0 Å². The second-order valence-corrected chi connectivity index (χ2v) is 4.73. The lowest BCUT2D eigenvalue weighted by Crippen LogP contribution is -2.27. The third-order valence-corrected chi connectivity index (χ3v) is 2.95. The van der Waals surface area contributed by atoms with Gasteiger partial charge in [0, 0.05) is 6.54 Å². The molecule has 0 aliphatic heterocycles. The molecule has 1 aromatic heterocycles. The summed E-state index contributed by atoms with van der Waals surface area (Å²) in [6, 6.07) is 2.93. The number of amides is 1. The summed E-state index contributed by atoms with van der Waals surface area (Å²) >= 11 is 0.961. The number of nitrogens with one attached hydrogen (secondary N) is 1. The maximum Gasteiger partial charge on any atom is 0.345 e. The highest BCUT2D eigenvalue weighted by Gasteiger charge is 2.12. The van der Waals surface area contributed by atoms with E-state index in [1.54, 1.807) is 0 Å². The van der Waals surface area contributed by atoms with Gasteiger partial charge in [0.25, 0.3) is 5.91 Å². The van der Waals surface area contributed by atoms with Crippen LogP contribution in [-0.4, -0.2) is 36.2 Å². The van der Waals surface area contributed by atoms with Gasteiger partial charge in [-0.05, 0) is 26.0 Å². The summed E-state index contributed by atoms with van der Waals surface area (Å²) in [5.41, 5.74) is 0. The number of carbonyl (C=O) groups excluding carboxylic acids is 1. The number of aromatic carboxylic acids is 1. The Kier molecular flexibility index (Phi) is 5.11. The first-order valence-electron chi connectivity index (χ1n) is 5.23. The molecule has 1 amide bonds. The fraction of sp³-hybridized carbons (Fsp3) is 0.455. The van der Waals surface area contributed by atoms with Gasteiger partial charge in [0.05, 0.1) is 17.6 Å². The third kappa shape index (κ3) is 4.54. The molecule has 0 unspecified atom stereocenters. The van der Waals surface area contributed by atoms with Crippen molar-refractivity contribution >= 4 is 23.2 Å². The fourth-order valence-electron chi connectivity index (χ4n) is 1.12. The van der Waals surface area contributed by atoms with Crippen molar-refractivity contribution in [3.05, 3.63) is 21.9 Å². The minimum Gasteiger partial charge on any atom is -0.477 e. The van der Waals surface area contributed by atoms with Gasteiger partial charge in [-0.2, -0.15) is 0 Å². The van der Waals surface area contributed by atoms with Crippen molar-refractivity contribution in [3.63, 3.8) is 0 Å². The summed E-state index contributed by atoms with van der Waals surface area (Å²) in [5, 5.41) is 11.4. The Morgan fingerprint density at radius 3 is 2.59 bits per heavy atom. The standard InChI is InChI=1S/C11H15NO4S/c1-7(2)16-6-5-12-10(13)8-3-4-9(17-8)11(14)15/h3-4,7H,5-6H2,1-2H3,(H,12,13)(H,14,15). The predicted octanol–water partition coefficient (Wildman–Crippen LogP) is 1.60. The van der Waals surface area contributed by atoms with Gasteiger partial charge in [0.1, 0.15) is 4.88 Å². The summed E-state index contributed by atoms with van der Waals surface area (Å²) in [4.78, 5) is 22.8. The van der Waals surface area contributed by atoms with Crippen molar-refractivity contribution in [1.29, 1.82) is 0 Å². The second-order valence-electron chi connectivity index (χ2n) is 3.64. The van der Waals surface area contributed by atoms with Gasteiger partial charge < -0.3 is 15.2 Å². The number of hydrogen-bond donors (Lipinski definition) is 2. The Bertz CT molecular complexity index is 400. The highest BCUT2D eigenvalue weighted by atomic mass is 32.1. The zero-order valence-electron chi connectivity index (χ0n) is 9.73. The summed E-state index contributed by atoms with van der Waals surface area (Å²) in [5.74, 6) is -1.29. The number of carboxylic acid groups (broad SMARTS) is 1. The van der Waals surface area contributed by atoms with Crippen LogP contribution in [-0.2, 0) is 4.74 Å². The molecule has 6 heteroatoms. The molecule has 0 atom stereocenters. The molecule has 0 aliphatic rings. The summed E-state index contributed by atoms with van der Waals surface area (Å²) in [7, 11) is 0. The van der Waals surface area contributed by atoms with Crippen LogP contribution in [0.5, 0.6) is 0 Å². The average molecular weight is 257 g/mol. The Labute approximate surface area is 103 Å². The van der Waals surface area contributed by atoms with Crippen LogP contribution in [0.25, 0.3) is 0 Å². The Morgan fingerprint density at radius 1 is 1.41 bits per heavy atom. The predicted molar refractivity (Wildman–Crippen MR) is 64.7 cm³/mol. The van der Waals surface area contributed by atoms with E-state index < -0.39 is 5.97 Å². The van der Waals surface area contributed by atoms with Crippen LogP contribution < -0.4 is 5.32 Å².